The van der Waals surface area contributed by atoms with Gasteiger partial charge in [0.2, 0.25) is 0 Å². The van der Waals surface area contributed by atoms with E-state index in [2.05, 4.69) is 10.6 Å². The van der Waals surface area contributed by atoms with E-state index in [9.17, 15) is 51.0 Å². The van der Waals surface area contributed by atoms with Crippen molar-refractivity contribution < 1.29 is 55.2 Å². The number of carbonyl (C=O) groups is 2. The molecule has 20 heteroatoms. The molecule has 4 heterocycles. The van der Waals surface area contributed by atoms with Crippen molar-refractivity contribution in [2.45, 2.75) is 69.7 Å². The number of nitro groups is 1. The minimum atomic E-state index is -4.80. The molecule has 48 heavy (non-hydrogen) atoms. The molecule has 0 radical (unpaired) electrons. The second-order valence-electron chi connectivity index (χ2n) is 11.8. The van der Waals surface area contributed by atoms with Crippen LogP contribution in [0.3, 0.4) is 0 Å². The molecule has 1 unspecified atom stereocenters. The van der Waals surface area contributed by atoms with Gasteiger partial charge in [-0.2, -0.15) is 21.6 Å². The van der Waals surface area contributed by atoms with Crippen LogP contribution in [0.4, 0.5) is 34.3 Å². The third-order valence-electron chi connectivity index (χ3n) is 7.35. The zero-order chi connectivity index (χ0) is 35.3. The number of halogens is 3. The lowest BCUT2D eigenvalue weighted by Gasteiger charge is -2.29. The minimum absolute atomic E-state index is 0.01000. The molecule has 0 fully saturated rings. The van der Waals surface area contributed by atoms with Crippen LogP contribution in [0.15, 0.2) is 23.1 Å². The van der Waals surface area contributed by atoms with Crippen LogP contribution < -0.4 is 15.5 Å². The van der Waals surface area contributed by atoms with Crippen LogP contribution in [-0.2, 0) is 51.7 Å². The number of nitro benzene ring substituents is 1. The van der Waals surface area contributed by atoms with Crippen LogP contribution in [0.1, 0.15) is 68.7 Å². The first-order chi connectivity index (χ1) is 22.2. The summed E-state index contributed by atoms with van der Waals surface area (Å²) in [6, 6.07) is 1.82. The lowest BCUT2D eigenvalue weighted by atomic mass is 10.0. The Morgan fingerprint density at radius 3 is 2.52 bits per heavy atom. The van der Waals surface area contributed by atoms with Gasteiger partial charge in [-0.15, -0.1) is 22.7 Å². The molecule has 0 saturated carbocycles. The topological polar surface area (TPSA) is 198 Å². The third kappa shape index (κ3) is 7.42. The van der Waals surface area contributed by atoms with E-state index >= 15 is 0 Å². The number of rotatable bonds is 7. The fourth-order valence-corrected chi connectivity index (χ4v) is 8.31. The molecule has 1 atom stereocenters. The van der Waals surface area contributed by atoms with E-state index in [4.69, 9.17) is 9.47 Å². The molecular weight excluding hydrogens is 706 g/mol. The number of anilines is 2. The number of alkyl halides is 3. The number of carbonyl (C=O) groups excluding carboxylic acids is 2. The molecule has 3 aromatic rings. The first-order valence-corrected chi connectivity index (χ1v) is 17.3. The Bertz CT molecular complexity index is 1900. The average Bonchev–Trinajstić information content (AvgIpc) is 3.53. The highest BCUT2D eigenvalue weighted by molar-refractivity contribution is 7.85. The maximum Gasteiger partial charge on any atom is 0.425 e. The average molecular weight is 735 g/mol. The zero-order valence-electron chi connectivity index (χ0n) is 25.5. The number of hydrogen-bond donors (Lipinski definition) is 4. The Labute approximate surface area is 279 Å². The van der Waals surface area contributed by atoms with Gasteiger partial charge in [0, 0.05) is 24.0 Å². The molecule has 2 aliphatic rings. The summed E-state index contributed by atoms with van der Waals surface area (Å²) >= 11 is 1.31. The van der Waals surface area contributed by atoms with Gasteiger partial charge in [0.05, 0.1) is 28.5 Å². The number of ether oxygens (including phenoxy) is 2. The highest BCUT2D eigenvalue weighted by Crippen LogP contribution is 2.45. The van der Waals surface area contributed by atoms with Crippen molar-refractivity contribution in [3.05, 3.63) is 65.2 Å². The maximum absolute atomic E-state index is 14.2. The van der Waals surface area contributed by atoms with Gasteiger partial charge in [0.25, 0.3) is 15.8 Å². The SMILES string of the molecule is CC(C)(C)OC(=O)c1c(NC(=O)NCc2c(C(F)(F)F)sc3c2CCN(c2ccc(S(=O)(=O)O)cc2[N+](=O)[O-])C3)sc2c1CCOC2O. The van der Waals surface area contributed by atoms with E-state index in [1.54, 1.807) is 20.8 Å². The summed E-state index contributed by atoms with van der Waals surface area (Å²) in [5.74, 6) is -0.756. The van der Waals surface area contributed by atoms with Gasteiger partial charge in [0.15, 0.2) is 6.29 Å². The Morgan fingerprint density at radius 2 is 1.90 bits per heavy atom. The van der Waals surface area contributed by atoms with Gasteiger partial charge in [-0.1, -0.05) is 0 Å². The summed E-state index contributed by atoms with van der Waals surface area (Å²) in [5, 5.41) is 27.0. The third-order valence-corrected chi connectivity index (χ3v) is 10.7. The van der Waals surface area contributed by atoms with Gasteiger partial charge in [0.1, 0.15) is 26.1 Å². The van der Waals surface area contributed by atoms with Gasteiger partial charge in [-0.25, -0.2) is 9.59 Å². The monoisotopic (exact) mass is 734 g/mol. The fraction of sp³-hybridized carbons (Fsp3) is 0.429. The number of amides is 2. The van der Waals surface area contributed by atoms with Crippen molar-refractivity contribution in [2.75, 3.05) is 23.4 Å². The van der Waals surface area contributed by atoms with Crippen molar-refractivity contribution in [1.82, 2.24) is 5.32 Å². The lowest BCUT2D eigenvalue weighted by Crippen LogP contribution is -2.32. The molecule has 0 aliphatic carbocycles. The summed E-state index contributed by atoms with van der Waals surface area (Å²) in [5.41, 5.74) is -1.01. The van der Waals surface area contributed by atoms with E-state index in [0.717, 1.165) is 23.5 Å². The largest absolute Gasteiger partial charge is 0.456 e. The van der Waals surface area contributed by atoms with E-state index < -0.39 is 67.1 Å². The molecule has 0 spiro atoms. The number of esters is 1. The predicted molar refractivity (Wildman–Crippen MR) is 167 cm³/mol. The second-order valence-corrected chi connectivity index (χ2v) is 15.4. The van der Waals surface area contributed by atoms with Crippen molar-refractivity contribution in [1.29, 1.82) is 0 Å². The quantitative estimate of drug-likeness (QED) is 0.105. The van der Waals surface area contributed by atoms with Crippen LogP contribution in [0.2, 0.25) is 0 Å². The number of aliphatic hydroxyl groups is 1. The number of urea groups is 1. The Hall–Kier alpha value is -3.82. The van der Waals surface area contributed by atoms with Crippen LogP contribution in [0.25, 0.3) is 0 Å². The Balaban J connectivity index is 1.39. The van der Waals surface area contributed by atoms with Crippen molar-refractivity contribution in [2.24, 2.45) is 0 Å². The zero-order valence-corrected chi connectivity index (χ0v) is 27.9. The van der Waals surface area contributed by atoms with Crippen LogP contribution >= 0.6 is 22.7 Å². The predicted octanol–water partition coefficient (Wildman–Crippen LogP) is 5.39. The highest BCUT2D eigenvalue weighted by atomic mass is 32.2. The van der Waals surface area contributed by atoms with Crippen molar-refractivity contribution >= 4 is 61.2 Å². The summed E-state index contributed by atoms with van der Waals surface area (Å²) in [4.78, 5) is 37.3. The maximum atomic E-state index is 14.2. The molecule has 260 valence electrons. The molecule has 2 aliphatic heterocycles. The van der Waals surface area contributed by atoms with Crippen molar-refractivity contribution in [3.63, 3.8) is 0 Å². The molecule has 2 aromatic heterocycles. The number of thiophene rings is 2. The van der Waals surface area contributed by atoms with Crippen LogP contribution in [0.5, 0.6) is 0 Å². The molecule has 1 aromatic carbocycles. The van der Waals surface area contributed by atoms with Gasteiger partial charge >= 0.3 is 18.2 Å². The van der Waals surface area contributed by atoms with Crippen molar-refractivity contribution in [3.8, 4) is 0 Å². The number of benzene rings is 1. The van der Waals surface area contributed by atoms with E-state index in [1.807, 2.05) is 0 Å². The number of hydrogen-bond acceptors (Lipinski definition) is 12. The summed E-state index contributed by atoms with van der Waals surface area (Å²) in [6.45, 7) is 4.37. The van der Waals surface area contributed by atoms with Crippen LogP contribution in [0, 0.1) is 10.1 Å². The standard InChI is InChI=1S/C28H29F3N4O10S3/c1-27(2,3)45-24(36)20-15-7-9-44-25(37)21(15)47-23(20)33-26(38)32-11-16-14-6-8-34(12-19(14)46-22(16)28(29,30)31)17-5-4-13(48(41,42)43)10-18(17)35(39)40/h4-5,10,25,37H,6-9,11-12H2,1-3H3,(H2,32,33,38)(H,41,42,43). The number of nitrogens with one attached hydrogen (secondary N) is 2. The van der Waals surface area contributed by atoms with Crippen LogP contribution in [-0.4, -0.2) is 53.8 Å². The molecular formula is C28H29F3N4O10S3. The van der Waals surface area contributed by atoms with Gasteiger partial charge in [-0.3, -0.25) is 20.0 Å². The van der Waals surface area contributed by atoms with E-state index in [0.29, 0.717) is 33.4 Å². The normalized spacial score (nSPS) is 16.6. The lowest BCUT2D eigenvalue weighted by molar-refractivity contribution is -0.384. The molecule has 0 saturated heterocycles. The Morgan fingerprint density at radius 1 is 1.19 bits per heavy atom. The molecule has 5 rings (SSSR count). The first kappa shape index (κ1) is 35.5. The summed E-state index contributed by atoms with van der Waals surface area (Å²) < 4.78 is 85.7. The number of fused-ring (bicyclic) bond motifs is 2. The van der Waals surface area contributed by atoms with E-state index in [1.165, 1.54) is 4.90 Å². The number of nitrogens with zero attached hydrogens (tertiary/aromatic N) is 2. The number of aliphatic hydroxyl groups excluding tert-OH is 1. The smallest absolute Gasteiger partial charge is 0.425 e. The highest BCUT2D eigenvalue weighted by Gasteiger charge is 2.40. The summed E-state index contributed by atoms with van der Waals surface area (Å²) in [6.07, 6.45) is -5.87. The molecule has 4 N–H and O–H groups in total. The second kappa shape index (κ2) is 12.9. The summed E-state index contributed by atoms with van der Waals surface area (Å²) in [7, 11) is -4.75. The first-order valence-electron chi connectivity index (χ1n) is 14.2. The minimum Gasteiger partial charge on any atom is -0.456 e. The fourth-order valence-electron chi connectivity index (χ4n) is 5.40. The van der Waals surface area contributed by atoms with Gasteiger partial charge < -0.3 is 24.8 Å². The Kier molecular flexibility index (Phi) is 9.53. The van der Waals surface area contributed by atoms with E-state index in [-0.39, 0.29) is 59.2 Å². The molecule has 0 bridgehead atoms. The van der Waals surface area contributed by atoms with Gasteiger partial charge in [-0.05, 0) is 62.4 Å². The molecule has 14 nitrogen and oxygen atoms in total. The molecule has 2 amide bonds.